The third kappa shape index (κ3) is 3.83. The smallest absolute Gasteiger partial charge is 0.265 e. The number of hydrogen-bond donors (Lipinski definition) is 2. The summed E-state index contributed by atoms with van der Waals surface area (Å²) in [6.07, 6.45) is 2.65. The van der Waals surface area contributed by atoms with Crippen molar-refractivity contribution >= 4 is 15.7 Å². The van der Waals surface area contributed by atoms with Crippen LogP contribution in [-0.2, 0) is 16.6 Å². The predicted octanol–water partition coefficient (Wildman–Crippen LogP) is 1.80. The summed E-state index contributed by atoms with van der Waals surface area (Å²) < 4.78 is 28.3. The van der Waals surface area contributed by atoms with Crippen molar-refractivity contribution in [3.8, 4) is 0 Å². The molecule has 0 saturated carbocycles. The first-order valence-electron chi connectivity index (χ1n) is 6.68. The number of sulfonamides is 1. The first-order valence-corrected chi connectivity index (χ1v) is 8.17. The van der Waals surface area contributed by atoms with Gasteiger partial charge >= 0.3 is 0 Å². The Morgan fingerprint density at radius 2 is 1.95 bits per heavy atom. The lowest BCUT2D eigenvalue weighted by Gasteiger charge is -2.09. The lowest BCUT2D eigenvalue weighted by Crippen LogP contribution is -2.12. The molecule has 0 unspecified atom stereocenters. The van der Waals surface area contributed by atoms with E-state index in [1.54, 1.807) is 12.1 Å². The highest BCUT2D eigenvalue weighted by Crippen LogP contribution is 2.19. The third-order valence-electron chi connectivity index (χ3n) is 3.08. The Bertz CT molecular complexity index is 691. The Hall–Kier alpha value is -1.86. The van der Waals surface area contributed by atoms with Gasteiger partial charge in [0.15, 0.2) is 0 Å². The summed E-state index contributed by atoms with van der Waals surface area (Å²) in [5.74, 6) is 0.396. The van der Waals surface area contributed by atoms with Gasteiger partial charge in [-0.1, -0.05) is 26.0 Å². The van der Waals surface area contributed by atoms with Gasteiger partial charge in [-0.3, -0.25) is 9.40 Å². The van der Waals surface area contributed by atoms with E-state index in [-0.39, 0.29) is 18.0 Å². The van der Waals surface area contributed by atoms with E-state index in [0.717, 1.165) is 5.56 Å². The Morgan fingerprint density at radius 3 is 2.52 bits per heavy atom. The summed E-state index contributed by atoms with van der Waals surface area (Å²) in [4.78, 5) is 0.0730. The highest BCUT2D eigenvalue weighted by molar-refractivity contribution is 7.92. The second-order valence-electron chi connectivity index (χ2n) is 5.04. The first kappa shape index (κ1) is 15.5. The van der Waals surface area contributed by atoms with Gasteiger partial charge < -0.3 is 5.11 Å². The van der Waals surface area contributed by atoms with Crippen molar-refractivity contribution in [3.05, 3.63) is 42.2 Å². The zero-order chi connectivity index (χ0) is 15.5. The van der Waals surface area contributed by atoms with Crippen molar-refractivity contribution in [2.45, 2.75) is 31.2 Å². The van der Waals surface area contributed by atoms with Gasteiger partial charge in [-0.2, -0.15) is 5.10 Å². The van der Waals surface area contributed by atoms with E-state index < -0.39 is 10.0 Å². The Morgan fingerprint density at radius 1 is 1.29 bits per heavy atom. The first-order chi connectivity index (χ1) is 9.92. The van der Waals surface area contributed by atoms with Crippen LogP contribution in [0.15, 0.2) is 41.6 Å². The van der Waals surface area contributed by atoms with E-state index in [2.05, 4.69) is 23.7 Å². The van der Waals surface area contributed by atoms with E-state index in [1.165, 1.54) is 17.1 Å². The largest absolute Gasteiger partial charge is 0.394 e. The molecule has 0 aliphatic heterocycles. The molecule has 114 valence electrons. The maximum atomic E-state index is 12.2. The number of aliphatic hydroxyl groups is 1. The van der Waals surface area contributed by atoms with Crippen molar-refractivity contribution in [2.75, 3.05) is 11.3 Å². The number of hydrogen-bond acceptors (Lipinski definition) is 4. The summed E-state index contributed by atoms with van der Waals surface area (Å²) in [5, 5.41) is 12.7. The van der Waals surface area contributed by atoms with Crippen LogP contribution in [0.1, 0.15) is 25.3 Å². The molecule has 0 fully saturated rings. The molecule has 0 spiro atoms. The lowest BCUT2D eigenvalue weighted by molar-refractivity contribution is 0.269. The monoisotopic (exact) mass is 309 g/mol. The molecule has 0 aliphatic carbocycles. The Balaban J connectivity index is 2.16. The van der Waals surface area contributed by atoms with E-state index in [1.807, 2.05) is 12.1 Å². The topological polar surface area (TPSA) is 84.2 Å². The Labute approximate surface area is 124 Å². The number of nitrogens with one attached hydrogen (secondary N) is 1. The molecular weight excluding hydrogens is 290 g/mol. The number of benzene rings is 1. The van der Waals surface area contributed by atoms with Crippen LogP contribution in [0.25, 0.3) is 0 Å². The van der Waals surface area contributed by atoms with Crippen LogP contribution in [0, 0.1) is 0 Å². The number of nitrogens with zero attached hydrogens (tertiary/aromatic N) is 2. The van der Waals surface area contributed by atoms with Gasteiger partial charge in [0.05, 0.1) is 19.3 Å². The van der Waals surface area contributed by atoms with Crippen molar-refractivity contribution in [3.63, 3.8) is 0 Å². The van der Waals surface area contributed by atoms with Crippen LogP contribution >= 0.6 is 0 Å². The van der Waals surface area contributed by atoms with Gasteiger partial charge in [0.25, 0.3) is 10.0 Å². The van der Waals surface area contributed by atoms with Crippen LogP contribution < -0.4 is 4.72 Å². The van der Waals surface area contributed by atoms with Crippen LogP contribution in [0.3, 0.4) is 0 Å². The molecule has 2 N–H and O–H groups in total. The van der Waals surface area contributed by atoms with Gasteiger partial charge in [0.2, 0.25) is 0 Å². The fourth-order valence-electron chi connectivity index (χ4n) is 1.86. The molecular formula is C14H19N3O3S. The van der Waals surface area contributed by atoms with Gasteiger partial charge in [-0.25, -0.2) is 8.42 Å². The molecule has 0 bridgehead atoms. The SMILES string of the molecule is CC(C)c1ccc(NS(=O)(=O)c2cnn(CCO)c2)cc1. The second kappa shape index (κ2) is 6.28. The fourth-order valence-corrected chi connectivity index (χ4v) is 2.87. The van der Waals surface area contributed by atoms with Crippen LogP contribution in [0.2, 0.25) is 0 Å². The molecule has 0 aliphatic rings. The molecule has 0 atom stereocenters. The standard InChI is InChI=1S/C14H19N3O3S/c1-11(2)12-3-5-13(6-4-12)16-21(19,20)14-9-15-17(10-14)7-8-18/h3-6,9-11,16,18H,7-8H2,1-2H3. The van der Waals surface area contributed by atoms with E-state index in [4.69, 9.17) is 5.11 Å². The van der Waals surface area contributed by atoms with Crippen molar-refractivity contribution in [2.24, 2.45) is 0 Å². The second-order valence-corrected chi connectivity index (χ2v) is 6.73. The predicted molar refractivity (Wildman–Crippen MR) is 80.7 cm³/mol. The number of aromatic nitrogens is 2. The quantitative estimate of drug-likeness (QED) is 0.852. The third-order valence-corrected chi connectivity index (χ3v) is 4.41. The summed E-state index contributed by atoms with van der Waals surface area (Å²) in [7, 11) is -3.66. The Kier molecular flexibility index (Phi) is 4.64. The van der Waals surface area contributed by atoms with E-state index >= 15 is 0 Å². The zero-order valence-electron chi connectivity index (χ0n) is 12.0. The summed E-state index contributed by atoms with van der Waals surface area (Å²) in [5.41, 5.74) is 1.66. The molecule has 21 heavy (non-hydrogen) atoms. The maximum Gasteiger partial charge on any atom is 0.265 e. The molecule has 6 nitrogen and oxygen atoms in total. The molecule has 0 saturated heterocycles. The average Bonchev–Trinajstić information content (AvgIpc) is 2.89. The minimum atomic E-state index is -3.66. The molecule has 0 amide bonds. The summed E-state index contributed by atoms with van der Waals surface area (Å²) in [6, 6.07) is 7.28. The van der Waals surface area contributed by atoms with Crippen LogP contribution in [0.5, 0.6) is 0 Å². The van der Waals surface area contributed by atoms with Crippen LogP contribution in [-0.4, -0.2) is 29.9 Å². The highest BCUT2D eigenvalue weighted by Gasteiger charge is 2.16. The van der Waals surface area contributed by atoms with Gasteiger partial charge in [-0.15, -0.1) is 0 Å². The molecule has 0 radical (unpaired) electrons. The molecule has 2 aromatic rings. The molecule has 1 aromatic heterocycles. The van der Waals surface area contributed by atoms with Crippen molar-refractivity contribution in [1.82, 2.24) is 9.78 Å². The molecule has 7 heteroatoms. The molecule has 1 aromatic carbocycles. The number of anilines is 1. The summed E-state index contributed by atoms with van der Waals surface area (Å²) in [6.45, 7) is 4.33. The normalized spacial score (nSPS) is 11.8. The molecule has 1 heterocycles. The lowest BCUT2D eigenvalue weighted by atomic mass is 10.0. The highest BCUT2D eigenvalue weighted by atomic mass is 32.2. The van der Waals surface area contributed by atoms with Gasteiger partial charge in [0.1, 0.15) is 4.90 Å². The van der Waals surface area contributed by atoms with Crippen molar-refractivity contribution < 1.29 is 13.5 Å². The molecule has 2 rings (SSSR count). The maximum absolute atomic E-state index is 12.2. The van der Waals surface area contributed by atoms with Gasteiger partial charge in [0, 0.05) is 11.9 Å². The van der Waals surface area contributed by atoms with Gasteiger partial charge in [-0.05, 0) is 23.6 Å². The fraction of sp³-hybridized carbons (Fsp3) is 0.357. The van der Waals surface area contributed by atoms with E-state index in [9.17, 15) is 8.42 Å². The van der Waals surface area contributed by atoms with Crippen molar-refractivity contribution in [1.29, 1.82) is 0 Å². The minimum Gasteiger partial charge on any atom is -0.394 e. The average molecular weight is 309 g/mol. The number of rotatable bonds is 6. The zero-order valence-corrected chi connectivity index (χ0v) is 12.8. The van der Waals surface area contributed by atoms with E-state index in [0.29, 0.717) is 11.6 Å². The summed E-state index contributed by atoms with van der Waals surface area (Å²) >= 11 is 0. The number of aliphatic hydroxyl groups excluding tert-OH is 1. The van der Waals surface area contributed by atoms with Crippen LogP contribution in [0.4, 0.5) is 5.69 Å². The minimum absolute atomic E-state index is 0.0730.